The van der Waals surface area contributed by atoms with E-state index in [1.807, 2.05) is 0 Å². The molecule has 0 amide bonds. The standard InChI is InChI=1S/C16H25P/c1-3-17(4-2)16-13-9-8-12-15(16)14-10-6-5-7-11-14/h8-9,12-14H,3-7,10-11H2,1-2H3. The highest BCUT2D eigenvalue weighted by Gasteiger charge is 2.20. The molecule has 1 aromatic rings. The van der Waals surface area contributed by atoms with Gasteiger partial charge in [-0.25, -0.2) is 0 Å². The summed E-state index contributed by atoms with van der Waals surface area (Å²) < 4.78 is 0. The van der Waals surface area contributed by atoms with Crippen LogP contribution in [0.5, 0.6) is 0 Å². The molecule has 0 unspecified atom stereocenters. The van der Waals surface area contributed by atoms with Crippen molar-refractivity contribution in [1.29, 1.82) is 0 Å². The summed E-state index contributed by atoms with van der Waals surface area (Å²) in [7, 11) is 0.103. The lowest BCUT2D eigenvalue weighted by Gasteiger charge is -2.27. The Morgan fingerprint density at radius 2 is 1.65 bits per heavy atom. The summed E-state index contributed by atoms with van der Waals surface area (Å²) in [5, 5.41) is 1.71. The second-order valence-corrected chi connectivity index (χ2v) is 7.89. The molecule has 0 aliphatic heterocycles. The third kappa shape index (κ3) is 3.10. The first-order chi connectivity index (χ1) is 8.36. The Kier molecular flexibility index (Phi) is 5.04. The van der Waals surface area contributed by atoms with Crippen molar-refractivity contribution in [3.05, 3.63) is 29.8 Å². The van der Waals surface area contributed by atoms with E-state index in [1.54, 1.807) is 10.9 Å². The van der Waals surface area contributed by atoms with E-state index in [0.717, 1.165) is 5.92 Å². The van der Waals surface area contributed by atoms with E-state index < -0.39 is 0 Å². The van der Waals surface area contributed by atoms with Crippen molar-refractivity contribution in [3.8, 4) is 0 Å². The summed E-state index contributed by atoms with van der Waals surface area (Å²) in [4.78, 5) is 0. The van der Waals surface area contributed by atoms with Crippen LogP contribution in [-0.4, -0.2) is 12.3 Å². The Labute approximate surface area is 108 Å². The summed E-state index contributed by atoms with van der Waals surface area (Å²) >= 11 is 0. The SMILES string of the molecule is CCP(CC)c1ccccc1C1CCCCC1. The second-order valence-electron chi connectivity index (χ2n) is 5.07. The van der Waals surface area contributed by atoms with Crippen molar-refractivity contribution >= 4 is 13.2 Å². The third-order valence-corrected chi connectivity index (χ3v) is 6.70. The first-order valence-electron chi connectivity index (χ1n) is 7.20. The molecule has 0 atom stereocenters. The van der Waals surface area contributed by atoms with Gasteiger partial charge in [-0.3, -0.25) is 0 Å². The zero-order chi connectivity index (χ0) is 12.1. The molecule has 17 heavy (non-hydrogen) atoms. The van der Waals surface area contributed by atoms with E-state index in [0.29, 0.717) is 0 Å². The highest BCUT2D eigenvalue weighted by atomic mass is 31.1. The molecule has 0 radical (unpaired) electrons. The molecule has 0 N–H and O–H groups in total. The lowest BCUT2D eigenvalue weighted by molar-refractivity contribution is 0.445. The van der Waals surface area contributed by atoms with Crippen molar-refractivity contribution in [2.45, 2.75) is 51.9 Å². The van der Waals surface area contributed by atoms with Crippen LogP contribution in [0.25, 0.3) is 0 Å². The molecule has 94 valence electrons. The van der Waals surface area contributed by atoms with Crippen LogP contribution in [0.15, 0.2) is 24.3 Å². The molecule has 0 aromatic heterocycles. The van der Waals surface area contributed by atoms with Gasteiger partial charge in [0, 0.05) is 0 Å². The van der Waals surface area contributed by atoms with E-state index in [-0.39, 0.29) is 7.92 Å². The molecular weight excluding hydrogens is 223 g/mol. The Hall–Kier alpha value is -0.350. The minimum Gasteiger partial charge on any atom is -0.0756 e. The highest BCUT2D eigenvalue weighted by Crippen LogP contribution is 2.39. The Balaban J connectivity index is 2.25. The maximum Gasteiger partial charge on any atom is -0.0156 e. The van der Waals surface area contributed by atoms with Gasteiger partial charge in [0.05, 0.1) is 0 Å². The average Bonchev–Trinajstić information content (AvgIpc) is 2.42. The zero-order valence-electron chi connectivity index (χ0n) is 11.3. The van der Waals surface area contributed by atoms with Crippen molar-refractivity contribution in [2.24, 2.45) is 0 Å². The summed E-state index contributed by atoms with van der Waals surface area (Å²) in [5.41, 5.74) is 1.70. The molecule has 1 saturated carbocycles. The van der Waals surface area contributed by atoms with Crippen LogP contribution < -0.4 is 5.30 Å². The van der Waals surface area contributed by atoms with Crippen LogP contribution in [0.4, 0.5) is 0 Å². The minimum absolute atomic E-state index is 0.103. The minimum atomic E-state index is 0.103. The van der Waals surface area contributed by atoms with Crippen LogP contribution in [0.2, 0.25) is 0 Å². The van der Waals surface area contributed by atoms with Gasteiger partial charge in [0.2, 0.25) is 0 Å². The monoisotopic (exact) mass is 248 g/mol. The van der Waals surface area contributed by atoms with E-state index in [9.17, 15) is 0 Å². The molecule has 0 heterocycles. The molecule has 1 heteroatoms. The Morgan fingerprint density at radius 1 is 1.00 bits per heavy atom. The summed E-state index contributed by atoms with van der Waals surface area (Å²) in [5.74, 6) is 0.864. The molecule has 0 spiro atoms. The molecule has 0 saturated heterocycles. The van der Waals surface area contributed by atoms with Crippen molar-refractivity contribution in [1.82, 2.24) is 0 Å². The molecule has 1 fully saturated rings. The topological polar surface area (TPSA) is 0 Å². The van der Waals surface area contributed by atoms with Crippen molar-refractivity contribution < 1.29 is 0 Å². The van der Waals surface area contributed by atoms with Gasteiger partial charge in [0.15, 0.2) is 0 Å². The fraction of sp³-hybridized carbons (Fsp3) is 0.625. The Morgan fingerprint density at radius 3 is 2.29 bits per heavy atom. The first-order valence-corrected chi connectivity index (χ1v) is 8.91. The molecule has 1 aliphatic carbocycles. The molecule has 2 rings (SSSR count). The van der Waals surface area contributed by atoms with Gasteiger partial charge in [0.1, 0.15) is 0 Å². The fourth-order valence-corrected chi connectivity index (χ4v) is 5.15. The first kappa shape index (κ1) is 13.1. The van der Waals surface area contributed by atoms with Gasteiger partial charge in [-0.15, -0.1) is 0 Å². The predicted octanol–water partition coefficient (Wildman–Crippen LogP) is 4.88. The largest absolute Gasteiger partial charge is 0.0756 e. The van der Waals surface area contributed by atoms with Crippen LogP contribution >= 0.6 is 7.92 Å². The maximum absolute atomic E-state index is 2.41. The normalized spacial score (nSPS) is 17.6. The summed E-state index contributed by atoms with van der Waals surface area (Å²) in [6.07, 6.45) is 9.87. The number of hydrogen-bond donors (Lipinski definition) is 0. The van der Waals surface area contributed by atoms with E-state index >= 15 is 0 Å². The highest BCUT2D eigenvalue weighted by molar-refractivity contribution is 7.65. The van der Waals surface area contributed by atoms with E-state index in [1.165, 1.54) is 44.4 Å². The fourth-order valence-electron chi connectivity index (χ4n) is 3.10. The van der Waals surface area contributed by atoms with Gasteiger partial charge in [-0.1, -0.05) is 65.3 Å². The van der Waals surface area contributed by atoms with E-state index in [2.05, 4.69) is 38.1 Å². The Bertz CT molecular complexity index is 335. The zero-order valence-corrected chi connectivity index (χ0v) is 12.2. The quantitative estimate of drug-likeness (QED) is 0.666. The third-order valence-electron chi connectivity index (χ3n) is 4.09. The molecule has 0 nitrogen and oxygen atoms in total. The van der Waals surface area contributed by atoms with Crippen LogP contribution in [0.1, 0.15) is 57.4 Å². The lowest BCUT2D eigenvalue weighted by Crippen LogP contribution is -2.16. The van der Waals surface area contributed by atoms with Crippen LogP contribution in [-0.2, 0) is 0 Å². The van der Waals surface area contributed by atoms with Gasteiger partial charge in [-0.05, 0) is 42.0 Å². The van der Waals surface area contributed by atoms with Gasteiger partial charge < -0.3 is 0 Å². The van der Waals surface area contributed by atoms with E-state index in [4.69, 9.17) is 0 Å². The molecule has 0 bridgehead atoms. The number of hydrogen-bond acceptors (Lipinski definition) is 0. The van der Waals surface area contributed by atoms with Crippen molar-refractivity contribution in [3.63, 3.8) is 0 Å². The van der Waals surface area contributed by atoms with Crippen LogP contribution in [0, 0.1) is 0 Å². The lowest BCUT2D eigenvalue weighted by atomic mass is 9.84. The summed E-state index contributed by atoms with van der Waals surface area (Å²) in [6, 6.07) is 9.29. The second kappa shape index (κ2) is 6.55. The van der Waals surface area contributed by atoms with Crippen LogP contribution in [0.3, 0.4) is 0 Å². The van der Waals surface area contributed by atoms with Crippen molar-refractivity contribution in [2.75, 3.05) is 12.3 Å². The van der Waals surface area contributed by atoms with Gasteiger partial charge >= 0.3 is 0 Å². The average molecular weight is 248 g/mol. The predicted molar refractivity (Wildman–Crippen MR) is 79.9 cm³/mol. The van der Waals surface area contributed by atoms with Gasteiger partial charge in [-0.2, -0.15) is 0 Å². The van der Waals surface area contributed by atoms with Gasteiger partial charge in [0.25, 0.3) is 0 Å². The number of benzene rings is 1. The maximum atomic E-state index is 2.41. The number of rotatable bonds is 4. The molecule has 1 aliphatic rings. The summed E-state index contributed by atoms with van der Waals surface area (Å²) in [6.45, 7) is 4.71. The smallest absolute Gasteiger partial charge is 0.0156 e. The molecule has 1 aromatic carbocycles. The molecular formula is C16H25P.